The average Bonchev–Trinajstić information content (AvgIpc) is 3.39. The zero-order valence-corrected chi connectivity index (χ0v) is 17.8. The van der Waals surface area contributed by atoms with E-state index >= 15 is 0 Å². The Morgan fingerprint density at radius 1 is 1.10 bits per heavy atom. The number of hydrazine groups is 2. The number of pyridine rings is 1. The van der Waals surface area contributed by atoms with Gasteiger partial charge in [-0.2, -0.15) is 5.10 Å². The van der Waals surface area contributed by atoms with Crippen LogP contribution in [0.3, 0.4) is 0 Å². The molecule has 0 saturated carbocycles. The Morgan fingerprint density at radius 3 is 2.58 bits per heavy atom. The van der Waals surface area contributed by atoms with Crippen molar-refractivity contribution in [2.45, 2.75) is 32.4 Å². The van der Waals surface area contributed by atoms with Crippen molar-refractivity contribution in [1.29, 1.82) is 0 Å². The molecular formula is C21H22ClN7O2. The van der Waals surface area contributed by atoms with Crippen molar-refractivity contribution in [3.8, 4) is 5.82 Å². The van der Waals surface area contributed by atoms with Crippen molar-refractivity contribution in [2.75, 3.05) is 0 Å². The predicted octanol–water partition coefficient (Wildman–Crippen LogP) is 1.91. The van der Waals surface area contributed by atoms with Gasteiger partial charge in [-0.25, -0.2) is 20.5 Å². The van der Waals surface area contributed by atoms with Crippen molar-refractivity contribution in [3.63, 3.8) is 0 Å². The third-order valence-electron chi connectivity index (χ3n) is 4.99. The van der Waals surface area contributed by atoms with Crippen LogP contribution in [0.1, 0.15) is 39.9 Å². The van der Waals surface area contributed by atoms with Gasteiger partial charge in [0.05, 0.1) is 10.7 Å². The zero-order chi connectivity index (χ0) is 22.0. The highest BCUT2D eigenvalue weighted by molar-refractivity contribution is 6.33. The molecule has 160 valence electrons. The lowest BCUT2D eigenvalue weighted by Gasteiger charge is -2.12. The number of aromatic nitrogens is 3. The van der Waals surface area contributed by atoms with Gasteiger partial charge in [0.15, 0.2) is 11.5 Å². The van der Waals surface area contributed by atoms with Crippen LogP contribution >= 0.6 is 11.6 Å². The van der Waals surface area contributed by atoms with Gasteiger partial charge in [0.1, 0.15) is 6.04 Å². The van der Waals surface area contributed by atoms with Gasteiger partial charge in [-0.05, 0) is 44.0 Å². The van der Waals surface area contributed by atoms with Gasteiger partial charge < -0.3 is 0 Å². The number of carbonyl (C=O) groups is 2. The van der Waals surface area contributed by atoms with Gasteiger partial charge >= 0.3 is 0 Å². The first kappa shape index (κ1) is 21.0. The molecular weight excluding hydrogens is 418 g/mol. The van der Waals surface area contributed by atoms with Crippen molar-refractivity contribution in [1.82, 2.24) is 36.5 Å². The summed E-state index contributed by atoms with van der Waals surface area (Å²) in [6.07, 6.45) is 0.540. The highest BCUT2D eigenvalue weighted by Crippen LogP contribution is 2.22. The van der Waals surface area contributed by atoms with Crippen LogP contribution in [-0.2, 0) is 4.79 Å². The molecule has 2 unspecified atom stereocenters. The van der Waals surface area contributed by atoms with Crippen LogP contribution in [0.25, 0.3) is 5.82 Å². The second-order valence-electron chi connectivity index (χ2n) is 7.32. The van der Waals surface area contributed by atoms with E-state index in [-0.39, 0.29) is 22.7 Å². The van der Waals surface area contributed by atoms with E-state index in [1.54, 1.807) is 16.8 Å². The lowest BCUT2D eigenvalue weighted by molar-refractivity contribution is -0.123. The zero-order valence-electron chi connectivity index (χ0n) is 17.0. The molecule has 2 aromatic heterocycles. The van der Waals surface area contributed by atoms with Crippen LogP contribution in [-0.4, -0.2) is 32.6 Å². The van der Waals surface area contributed by atoms with E-state index in [1.807, 2.05) is 50.2 Å². The Bertz CT molecular complexity index is 1120. The van der Waals surface area contributed by atoms with Crippen LogP contribution in [0.2, 0.25) is 5.02 Å². The number of aryl methyl sites for hydroxylation is 2. The van der Waals surface area contributed by atoms with Crippen LogP contribution in [0.5, 0.6) is 0 Å². The summed E-state index contributed by atoms with van der Waals surface area (Å²) in [4.78, 5) is 29.4. The fourth-order valence-corrected chi connectivity index (χ4v) is 3.66. The Balaban J connectivity index is 1.39. The monoisotopic (exact) mass is 439 g/mol. The molecule has 0 bridgehead atoms. The minimum absolute atomic E-state index is 0.00112. The number of amides is 2. The van der Waals surface area contributed by atoms with E-state index in [0.29, 0.717) is 12.2 Å². The third-order valence-corrected chi connectivity index (χ3v) is 5.30. The number of nitrogens with one attached hydrogen (secondary N) is 4. The maximum Gasteiger partial charge on any atom is 0.289 e. The average molecular weight is 440 g/mol. The first-order valence-electron chi connectivity index (χ1n) is 9.79. The Hall–Kier alpha value is -3.27. The number of rotatable bonds is 4. The lowest BCUT2D eigenvalue weighted by Crippen LogP contribution is -2.50. The molecule has 3 heterocycles. The molecule has 4 N–H and O–H groups in total. The fourth-order valence-electron chi connectivity index (χ4n) is 3.47. The van der Waals surface area contributed by atoms with Gasteiger partial charge in [-0.3, -0.25) is 20.4 Å². The molecule has 3 aromatic rings. The number of hydrogen-bond donors (Lipinski definition) is 4. The van der Waals surface area contributed by atoms with Gasteiger partial charge in [0.2, 0.25) is 0 Å². The van der Waals surface area contributed by atoms with E-state index in [1.165, 1.54) is 0 Å². The highest BCUT2D eigenvalue weighted by atomic mass is 35.5. The standard InChI is InChI=1S/C21H22ClN7O2/c1-12-10-13(2)29(28-12)18-9-8-15(22)19(23-18)21(31)27-26-20(30)17-11-16(24-25-17)14-6-4-3-5-7-14/h3-10,16-17,24-25H,11H2,1-2H3,(H,26,30)(H,27,31). The second kappa shape index (κ2) is 8.84. The SMILES string of the molecule is Cc1cc(C)n(-c2ccc(Cl)c(C(=O)NNC(=O)C3CC(c4ccccc4)NN3)n2)n1. The quantitative estimate of drug-likeness (QED) is 0.462. The summed E-state index contributed by atoms with van der Waals surface area (Å²) in [5.41, 5.74) is 13.6. The Kier molecular flexibility index (Phi) is 5.99. The predicted molar refractivity (Wildman–Crippen MR) is 115 cm³/mol. The summed E-state index contributed by atoms with van der Waals surface area (Å²) in [6, 6.07) is 14.5. The van der Waals surface area contributed by atoms with Crippen molar-refractivity contribution < 1.29 is 9.59 Å². The van der Waals surface area contributed by atoms with Crippen LogP contribution in [0.15, 0.2) is 48.5 Å². The molecule has 0 spiro atoms. The molecule has 0 radical (unpaired) electrons. The van der Waals surface area contributed by atoms with Crippen molar-refractivity contribution >= 4 is 23.4 Å². The minimum Gasteiger partial charge on any atom is -0.271 e. The fraction of sp³-hybridized carbons (Fsp3) is 0.238. The molecule has 1 saturated heterocycles. The number of benzene rings is 1. The topological polar surface area (TPSA) is 113 Å². The maximum atomic E-state index is 12.6. The van der Waals surface area contributed by atoms with Gasteiger partial charge in [-0.1, -0.05) is 41.9 Å². The summed E-state index contributed by atoms with van der Waals surface area (Å²) < 4.78 is 1.62. The minimum atomic E-state index is -0.618. The summed E-state index contributed by atoms with van der Waals surface area (Å²) in [6.45, 7) is 3.76. The van der Waals surface area contributed by atoms with E-state index < -0.39 is 11.9 Å². The molecule has 2 atom stereocenters. The molecule has 2 amide bonds. The smallest absolute Gasteiger partial charge is 0.271 e. The number of nitrogens with zero attached hydrogens (tertiary/aromatic N) is 3. The number of halogens is 1. The molecule has 31 heavy (non-hydrogen) atoms. The van der Waals surface area contributed by atoms with E-state index in [9.17, 15) is 9.59 Å². The Morgan fingerprint density at radius 2 is 1.87 bits per heavy atom. The van der Waals surface area contributed by atoms with Crippen molar-refractivity contribution in [2.24, 2.45) is 0 Å². The lowest BCUT2D eigenvalue weighted by atomic mass is 10.0. The molecule has 1 aliphatic heterocycles. The highest BCUT2D eigenvalue weighted by Gasteiger charge is 2.30. The maximum absolute atomic E-state index is 12.6. The summed E-state index contributed by atoms with van der Waals surface area (Å²) in [7, 11) is 0. The van der Waals surface area contributed by atoms with E-state index in [4.69, 9.17) is 11.6 Å². The van der Waals surface area contributed by atoms with Crippen LogP contribution in [0.4, 0.5) is 0 Å². The normalized spacial score (nSPS) is 18.0. The molecule has 4 rings (SSSR count). The van der Waals surface area contributed by atoms with Crippen molar-refractivity contribution in [3.05, 3.63) is 76.2 Å². The first-order valence-corrected chi connectivity index (χ1v) is 10.2. The summed E-state index contributed by atoms with van der Waals surface area (Å²) >= 11 is 6.16. The van der Waals surface area contributed by atoms with Crippen LogP contribution in [0, 0.1) is 13.8 Å². The molecule has 1 fully saturated rings. The molecule has 1 aliphatic rings. The van der Waals surface area contributed by atoms with Gasteiger partial charge in [0.25, 0.3) is 11.8 Å². The van der Waals surface area contributed by atoms with Crippen LogP contribution < -0.4 is 21.7 Å². The van der Waals surface area contributed by atoms with Gasteiger partial charge in [0, 0.05) is 11.7 Å². The molecule has 0 aliphatic carbocycles. The van der Waals surface area contributed by atoms with E-state index in [2.05, 4.69) is 31.8 Å². The molecule has 1 aromatic carbocycles. The van der Waals surface area contributed by atoms with Gasteiger partial charge in [-0.15, -0.1) is 0 Å². The molecule has 9 nitrogen and oxygen atoms in total. The van der Waals surface area contributed by atoms with E-state index in [0.717, 1.165) is 17.0 Å². The molecule has 10 heteroatoms. The third kappa shape index (κ3) is 4.58. The Labute approximate surface area is 184 Å². The summed E-state index contributed by atoms with van der Waals surface area (Å²) in [5.74, 6) is -0.531. The number of hydrogen-bond acceptors (Lipinski definition) is 6. The first-order chi connectivity index (χ1) is 14.9. The largest absolute Gasteiger partial charge is 0.289 e. The second-order valence-corrected chi connectivity index (χ2v) is 7.73. The number of carbonyl (C=O) groups excluding carboxylic acids is 2. The summed E-state index contributed by atoms with van der Waals surface area (Å²) in [5, 5.41) is 4.53.